The lowest BCUT2D eigenvalue weighted by atomic mass is 10.3. The Kier molecular flexibility index (Phi) is 4.61. The monoisotopic (exact) mass is 308 g/mol. The van der Waals surface area contributed by atoms with Gasteiger partial charge >= 0.3 is 0 Å². The summed E-state index contributed by atoms with van der Waals surface area (Å²) in [4.78, 5) is 4.13. The maximum atomic E-state index is 12.2. The van der Waals surface area contributed by atoms with Crippen LogP contribution >= 0.6 is 0 Å². The van der Waals surface area contributed by atoms with Crippen molar-refractivity contribution in [1.82, 2.24) is 4.98 Å². The number of benzene rings is 1. The molecule has 0 saturated carbocycles. The van der Waals surface area contributed by atoms with Gasteiger partial charge in [-0.05, 0) is 37.3 Å². The number of hydrogen-bond donors (Lipinski definition) is 3. The molecule has 0 unspecified atom stereocenters. The summed E-state index contributed by atoms with van der Waals surface area (Å²) in [6, 6.07) is 9.25. The zero-order valence-electron chi connectivity index (χ0n) is 11.4. The number of hydrogen-bond acceptors (Lipinski definition) is 6. The summed E-state index contributed by atoms with van der Waals surface area (Å²) in [7, 11) is -3.66. The quantitative estimate of drug-likeness (QED) is 0.552. The number of aromatic nitrogens is 1. The zero-order valence-corrected chi connectivity index (χ0v) is 12.2. The van der Waals surface area contributed by atoms with Gasteiger partial charge in [-0.3, -0.25) is 10.6 Å². The van der Waals surface area contributed by atoms with Crippen LogP contribution < -0.4 is 20.7 Å². The Morgan fingerprint density at radius 2 is 1.81 bits per heavy atom. The average Bonchev–Trinajstić information content (AvgIpc) is 2.49. The molecule has 0 saturated heterocycles. The van der Waals surface area contributed by atoms with Gasteiger partial charge in [0.1, 0.15) is 0 Å². The standard InChI is InChI=1S/C13H16N4O3S/c1-2-20-13-8-5-11(9-15-13)17-21(18,19)12-6-3-10(16-14)4-7-12/h3-9,16-17H,2,14H2,1H3. The summed E-state index contributed by atoms with van der Waals surface area (Å²) < 4.78 is 32.0. The molecule has 112 valence electrons. The highest BCUT2D eigenvalue weighted by Gasteiger charge is 2.14. The number of nitrogens with two attached hydrogens (primary N) is 1. The van der Waals surface area contributed by atoms with Gasteiger partial charge in [0.05, 0.1) is 23.4 Å². The van der Waals surface area contributed by atoms with E-state index in [1.807, 2.05) is 6.92 Å². The molecule has 0 atom stereocenters. The number of anilines is 2. The molecule has 0 bridgehead atoms. The Morgan fingerprint density at radius 1 is 1.14 bits per heavy atom. The number of nitrogens with one attached hydrogen (secondary N) is 2. The van der Waals surface area contributed by atoms with Crippen molar-refractivity contribution in [2.75, 3.05) is 16.8 Å². The summed E-state index contributed by atoms with van der Waals surface area (Å²) in [5, 5.41) is 0. The fraction of sp³-hybridized carbons (Fsp3) is 0.154. The third-order valence-electron chi connectivity index (χ3n) is 2.61. The second-order valence-corrected chi connectivity index (χ2v) is 5.77. The van der Waals surface area contributed by atoms with E-state index in [1.165, 1.54) is 18.3 Å². The van der Waals surface area contributed by atoms with Crippen LogP contribution in [0.25, 0.3) is 0 Å². The molecule has 4 N–H and O–H groups in total. The molecule has 2 aromatic rings. The van der Waals surface area contributed by atoms with Crippen LogP contribution in [0, 0.1) is 0 Å². The summed E-state index contributed by atoms with van der Waals surface area (Å²) in [5.41, 5.74) is 3.42. The van der Waals surface area contributed by atoms with Crippen molar-refractivity contribution in [3.8, 4) is 5.88 Å². The van der Waals surface area contributed by atoms with E-state index in [9.17, 15) is 8.42 Å². The van der Waals surface area contributed by atoms with Gasteiger partial charge in [-0.1, -0.05) is 0 Å². The molecule has 0 fully saturated rings. The highest BCUT2D eigenvalue weighted by molar-refractivity contribution is 7.92. The molecule has 0 amide bonds. The number of ether oxygens (including phenoxy) is 1. The molecule has 21 heavy (non-hydrogen) atoms. The van der Waals surface area contributed by atoms with Crippen molar-refractivity contribution >= 4 is 21.4 Å². The number of nitrogen functional groups attached to an aromatic ring is 1. The molecule has 7 nitrogen and oxygen atoms in total. The van der Waals surface area contributed by atoms with Gasteiger partial charge in [0.2, 0.25) is 5.88 Å². The van der Waals surface area contributed by atoms with Gasteiger partial charge in [0.15, 0.2) is 0 Å². The molecule has 2 rings (SSSR count). The van der Waals surface area contributed by atoms with Gasteiger partial charge in [-0.15, -0.1) is 0 Å². The van der Waals surface area contributed by atoms with Crippen molar-refractivity contribution in [1.29, 1.82) is 0 Å². The summed E-state index contributed by atoms with van der Waals surface area (Å²) in [5.74, 6) is 5.68. The smallest absolute Gasteiger partial charge is 0.261 e. The number of hydrazine groups is 1. The van der Waals surface area contributed by atoms with Gasteiger partial charge in [-0.2, -0.15) is 0 Å². The molecule has 0 aliphatic heterocycles. The first kappa shape index (κ1) is 15.1. The Balaban J connectivity index is 2.16. The van der Waals surface area contributed by atoms with Crippen LogP contribution in [0.2, 0.25) is 0 Å². The van der Waals surface area contributed by atoms with E-state index in [1.54, 1.807) is 24.3 Å². The van der Waals surface area contributed by atoms with Gasteiger partial charge < -0.3 is 10.2 Å². The van der Waals surface area contributed by atoms with E-state index < -0.39 is 10.0 Å². The number of nitrogens with zero attached hydrogens (tertiary/aromatic N) is 1. The van der Waals surface area contributed by atoms with Crippen molar-refractivity contribution in [2.24, 2.45) is 5.84 Å². The van der Waals surface area contributed by atoms with E-state index in [0.29, 0.717) is 23.9 Å². The molecule has 1 aromatic heterocycles. The summed E-state index contributed by atoms with van der Waals surface area (Å²) in [6.07, 6.45) is 1.40. The molecule has 0 aliphatic rings. The van der Waals surface area contributed by atoms with Gasteiger partial charge in [0.25, 0.3) is 10.0 Å². The lowest BCUT2D eigenvalue weighted by molar-refractivity contribution is 0.327. The zero-order chi connectivity index (χ0) is 15.3. The molecule has 1 heterocycles. The van der Waals surface area contributed by atoms with E-state index >= 15 is 0 Å². The van der Waals surface area contributed by atoms with Crippen molar-refractivity contribution < 1.29 is 13.2 Å². The van der Waals surface area contributed by atoms with E-state index in [-0.39, 0.29) is 4.90 Å². The molecule has 0 spiro atoms. The second-order valence-electron chi connectivity index (χ2n) is 4.09. The van der Waals surface area contributed by atoms with Gasteiger partial charge in [0, 0.05) is 11.8 Å². The number of pyridine rings is 1. The van der Waals surface area contributed by atoms with Crippen molar-refractivity contribution in [2.45, 2.75) is 11.8 Å². The minimum Gasteiger partial charge on any atom is -0.478 e. The van der Waals surface area contributed by atoms with Crippen LogP contribution in [0.1, 0.15) is 6.92 Å². The molecular formula is C13H16N4O3S. The Labute approximate surface area is 123 Å². The maximum absolute atomic E-state index is 12.2. The highest BCUT2D eigenvalue weighted by Crippen LogP contribution is 2.18. The van der Waals surface area contributed by atoms with Gasteiger partial charge in [-0.25, -0.2) is 13.4 Å². The van der Waals surface area contributed by atoms with Crippen molar-refractivity contribution in [3.05, 3.63) is 42.6 Å². The Morgan fingerprint density at radius 3 is 2.33 bits per heavy atom. The number of sulfonamides is 1. The third kappa shape index (κ3) is 3.83. The molecule has 0 aliphatic carbocycles. The largest absolute Gasteiger partial charge is 0.478 e. The molecular weight excluding hydrogens is 292 g/mol. The summed E-state index contributed by atoms with van der Waals surface area (Å²) >= 11 is 0. The van der Waals surface area contributed by atoms with Crippen LogP contribution in [-0.4, -0.2) is 20.0 Å². The molecule has 0 radical (unpaired) electrons. The lowest BCUT2D eigenvalue weighted by Gasteiger charge is -2.09. The fourth-order valence-corrected chi connectivity index (χ4v) is 2.66. The molecule has 8 heteroatoms. The third-order valence-corrected chi connectivity index (χ3v) is 4.01. The SMILES string of the molecule is CCOc1ccc(NS(=O)(=O)c2ccc(NN)cc2)cn1. The Hall–Kier alpha value is -2.32. The van der Waals surface area contributed by atoms with E-state index in [0.717, 1.165) is 0 Å². The van der Waals surface area contributed by atoms with E-state index in [2.05, 4.69) is 15.1 Å². The highest BCUT2D eigenvalue weighted by atomic mass is 32.2. The molecule has 1 aromatic carbocycles. The minimum absolute atomic E-state index is 0.135. The minimum atomic E-state index is -3.66. The predicted molar refractivity (Wildman–Crippen MR) is 80.5 cm³/mol. The predicted octanol–water partition coefficient (Wildman–Crippen LogP) is 1.57. The van der Waals surface area contributed by atoms with Crippen LogP contribution in [0.4, 0.5) is 11.4 Å². The first-order valence-corrected chi connectivity index (χ1v) is 7.72. The van der Waals surface area contributed by atoms with Crippen LogP contribution in [0.3, 0.4) is 0 Å². The second kappa shape index (κ2) is 6.42. The van der Waals surface area contributed by atoms with Crippen LogP contribution in [0.15, 0.2) is 47.5 Å². The van der Waals surface area contributed by atoms with Crippen LogP contribution in [0.5, 0.6) is 5.88 Å². The fourth-order valence-electron chi connectivity index (χ4n) is 1.62. The van der Waals surface area contributed by atoms with E-state index in [4.69, 9.17) is 10.6 Å². The first-order chi connectivity index (χ1) is 10.0. The average molecular weight is 308 g/mol. The lowest BCUT2D eigenvalue weighted by Crippen LogP contribution is -2.13. The van der Waals surface area contributed by atoms with Crippen LogP contribution in [-0.2, 0) is 10.0 Å². The first-order valence-electron chi connectivity index (χ1n) is 6.23. The summed E-state index contributed by atoms with van der Waals surface area (Å²) in [6.45, 7) is 2.35. The van der Waals surface area contributed by atoms with Crippen molar-refractivity contribution in [3.63, 3.8) is 0 Å². The number of rotatable bonds is 6. The maximum Gasteiger partial charge on any atom is 0.261 e. The normalized spacial score (nSPS) is 11.0. The Bertz CT molecular complexity index is 684. The topological polar surface area (TPSA) is 106 Å².